The number of hydrogen-bond acceptors (Lipinski definition) is 7. The van der Waals surface area contributed by atoms with Crippen molar-refractivity contribution in [2.75, 3.05) is 13.1 Å². The molecule has 11 heteroatoms. The van der Waals surface area contributed by atoms with Crippen molar-refractivity contribution >= 4 is 23.7 Å². The summed E-state index contributed by atoms with van der Waals surface area (Å²) in [4.78, 5) is 47.1. The van der Waals surface area contributed by atoms with E-state index in [1.807, 2.05) is 0 Å². The van der Waals surface area contributed by atoms with Crippen LogP contribution in [0.4, 0.5) is 0 Å². The van der Waals surface area contributed by atoms with Crippen LogP contribution in [-0.2, 0) is 19.2 Å². The minimum atomic E-state index is -1.19. The van der Waals surface area contributed by atoms with Gasteiger partial charge in [0, 0.05) is 6.42 Å². The zero-order valence-electron chi connectivity index (χ0n) is 16.2. The average Bonchev–Trinajstić information content (AvgIpc) is 2.63. The number of hydrogen-bond donors (Lipinski definition) is 7. The number of nitrogens with two attached hydrogens (primary N) is 4. The van der Waals surface area contributed by atoms with Crippen molar-refractivity contribution in [2.24, 2.45) is 22.9 Å². The quantitative estimate of drug-likeness (QED) is 0.141. The molecule has 11 N–H and O–H groups in total. The SMILES string of the molecule is NCCCCC(N)C(=O)NC(CCC(N)=O)C(=O)NC(CCCCN)C(=O)O. The zero-order valence-corrected chi connectivity index (χ0v) is 16.2. The highest BCUT2D eigenvalue weighted by atomic mass is 16.4. The van der Waals surface area contributed by atoms with Gasteiger partial charge in [0.15, 0.2) is 0 Å². The van der Waals surface area contributed by atoms with Crippen LogP contribution < -0.4 is 33.6 Å². The minimum Gasteiger partial charge on any atom is -0.480 e. The maximum Gasteiger partial charge on any atom is 0.326 e. The zero-order chi connectivity index (χ0) is 21.5. The largest absolute Gasteiger partial charge is 0.480 e. The molecule has 0 aliphatic heterocycles. The van der Waals surface area contributed by atoms with Gasteiger partial charge in [-0.1, -0.05) is 6.42 Å². The van der Waals surface area contributed by atoms with Crippen LogP contribution in [0.25, 0.3) is 0 Å². The molecule has 28 heavy (non-hydrogen) atoms. The first-order valence-electron chi connectivity index (χ1n) is 9.50. The second kappa shape index (κ2) is 14.8. The fraction of sp³-hybridized carbons (Fsp3) is 0.765. The van der Waals surface area contributed by atoms with E-state index in [9.17, 15) is 24.3 Å². The number of carbonyl (C=O) groups is 4. The molecular weight excluding hydrogens is 368 g/mol. The molecule has 11 nitrogen and oxygen atoms in total. The lowest BCUT2D eigenvalue weighted by Gasteiger charge is -2.22. The summed E-state index contributed by atoms with van der Waals surface area (Å²) in [5.74, 6) is -3.10. The maximum absolute atomic E-state index is 12.5. The van der Waals surface area contributed by atoms with Crippen LogP contribution in [0.15, 0.2) is 0 Å². The van der Waals surface area contributed by atoms with E-state index >= 15 is 0 Å². The van der Waals surface area contributed by atoms with Crippen LogP contribution in [0.5, 0.6) is 0 Å². The number of nitrogens with one attached hydrogen (secondary N) is 2. The predicted molar refractivity (Wildman–Crippen MR) is 104 cm³/mol. The lowest BCUT2D eigenvalue weighted by molar-refractivity contribution is -0.142. The molecule has 0 heterocycles. The van der Waals surface area contributed by atoms with Crippen molar-refractivity contribution in [3.8, 4) is 0 Å². The third-order valence-corrected chi connectivity index (χ3v) is 4.18. The summed E-state index contributed by atoms with van der Waals surface area (Å²) in [6.07, 6.45) is 2.92. The lowest BCUT2D eigenvalue weighted by Crippen LogP contribution is -2.54. The fourth-order valence-electron chi connectivity index (χ4n) is 2.50. The maximum atomic E-state index is 12.5. The minimum absolute atomic E-state index is 0.0580. The summed E-state index contributed by atoms with van der Waals surface area (Å²) >= 11 is 0. The van der Waals surface area contributed by atoms with Gasteiger partial charge in [0.25, 0.3) is 0 Å². The number of primary amides is 1. The first kappa shape index (κ1) is 25.8. The smallest absolute Gasteiger partial charge is 0.326 e. The third-order valence-electron chi connectivity index (χ3n) is 4.18. The van der Waals surface area contributed by atoms with Gasteiger partial charge in [0.05, 0.1) is 6.04 Å². The Labute approximate surface area is 164 Å². The standard InChI is InChI=1S/C17H34N6O5/c18-9-3-1-5-11(20)15(25)22-12(7-8-14(21)24)16(26)23-13(17(27)28)6-2-4-10-19/h11-13H,1-10,18-20H2,(H2,21,24)(H,22,25)(H,23,26)(H,27,28). The summed E-state index contributed by atoms with van der Waals surface area (Å²) < 4.78 is 0. The van der Waals surface area contributed by atoms with Crippen molar-refractivity contribution in [3.63, 3.8) is 0 Å². The van der Waals surface area contributed by atoms with Gasteiger partial charge in [-0.05, 0) is 51.6 Å². The van der Waals surface area contributed by atoms with Crippen molar-refractivity contribution in [1.82, 2.24) is 10.6 Å². The van der Waals surface area contributed by atoms with Crippen LogP contribution in [-0.4, -0.2) is 60.0 Å². The molecule has 3 unspecified atom stereocenters. The van der Waals surface area contributed by atoms with Crippen LogP contribution in [0.3, 0.4) is 0 Å². The van der Waals surface area contributed by atoms with E-state index in [4.69, 9.17) is 22.9 Å². The van der Waals surface area contributed by atoms with Gasteiger partial charge >= 0.3 is 5.97 Å². The number of unbranched alkanes of at least 4 members (excludes halogenated alkanes) is 2. The number of carbonyl (C=O) groups excluding carboxylic acids is 3. The van der Waals surface area contributed by atoms with Crippen LogP contribution >= 0.6 is 0 Å². The Morgan fingerprint density at radius 1 is 0.786 bits per heavy atom. The molecule has 0 spiro atoms. The highest BCUT2D eigenvalue weighted by molar-refractivity contribution is 5.92. The van der Waals surface area contributed by atoms with Gasteiger partial charge in [0.2, 0.25) is 17.7 Å². The van der Waals surface area contributed by atoms with Crippen LogP contribution in [0.1, 0.15) is 51.4 Å². The molecule has 0 radical (unpaired) electrons. The van der Waals surface area contributed by atoms with E-state index in [1.165, 1.54) is 0 Å². The van der Waals surface area contributed by atoms with E-state index in [0.29, 0.717) is 38.8 Å². The summed E-state index contributed by atoms with van der Waals surface area (Å²) in [7, 11) is 0. The van der Waals surface area contributed by atoms with E-state index < -0.39 is 41.8 Å². The summed E-state index contributed by atoms with van der Waals surface area (Å²) in [5, 5.41) is 14.1. The molecule has 0 aromatic rings. The van der Waals surface area contributed by atoms with Gasteiger partial charge in [-0.15, -0.1) is 0 Å². The topological polar surface area (TPSA) is 217 Å². The monoisotopic (exact) mass is 402 g/mol. The highest BCUT2D eigenvalue weighted by Gasteiger charge is 2.27. The first-order valence-corrected chi connectivity index (χ1v) is 9.50. The van der Waals surface area contributed by atoms with Gasteiger partial charge in [-0.2, -0.15) is 0 Å². The van der Waals surface area contributed by atoms with Crippen molar-refractivity contribution in [2.45, 2.75) is 69.5 Å². The molecule has 0 aliphatic carbocycles. The lowest BCUT2D eigenvalue weighted by atomic mass is 10.1. The number of rotatable bonds is 16. The summed E-state index contributed by atoms with van der Waals surface area (Å²) in [5.41, 5.74) is 21.7. The summed E-state index contributed by atoms with van der Waals surface area (Å²) in [6, 6.07) is -3.07. The molecule has 162 valence electrons. The van der Waals surface area contributed by atoms with Crippen molar-refractivity contribution in [1.29, 1.82) is 0 Å². The van der Waals surface area contributed by atoms with Crippen LogP contribution in [0.2, 0.25) is 0 Å². The van der Waals surface area contributed by atoms with Crippen molar-refractivity contribution < 1.29 is 24.3 Å². The molecule has 0 aromatic carbocycles. The molecular formula is C17H34N6O5. The highest BCUT2D eigenvalue weighted by Crippen LogP contribution is 2.05. The number of aliphatic carboxylic acids is 1. The van der Waals surface area contributed by atoms with Crippen LogP contribution in [0, 0.1) is 0 Å². The Morgan fingerprint density at radius 3 is 1.82 bits per heavy atom. The second-order valence-electron chi connectivity index (χ2n) is 6.64. The van der Waals surface area contributed by atoms with Gasteiger partial charge in [0.1, 0.15) is 12.1 Å². The molecule has 0 saturated carbocycles. The normalized spacial score (nSPS) is 14.0. The Morgan fingerprint density at radius 2 is 1.32 bits per heavy atom. The number of amides is 3. The Bertz CT molecular complexity index is 516. The Kier molecular flexibility index (Phi) is 13.6. The van der Waals surface area contributed by atoms with Gasteiger partial charge in [-0.25, -0.2) is 4.79 Å². The molecule has 0 saturated heterocycles. The second-order valence-corrected chi connectivity index (χ2v) is 6.64. The first-order chi connectivity index (χ1) is 13.2. The molecule has 3 atom stereocenters. The average molecular weight is 402 g/mol. The Hall–Kier alpha value is -2.24. The molecule has 0 aliphatic rings. The van der Waals surface area contributed by atoms with E-state index in [2.05, 4.69) is 10.6 Å². The molecule has 0 bridgehead atoms. The molecule has 0 fully saturated rings. The number of carboxylic acids is 1. The van der Waals surface area contributed by atoms with E-state index in [0.717, 1.165) is 6.42 Å². The van der Waals surface area contributed by atoms with Gasteiger partial charge in [-0.3, -0.25) is 14.4 Å². The predicted octanol–water partition coefficient (Wildman–Crippen LogP) is -2.11. The molecule has 3 amide bonds. The Balaban J connectivity index is 4.94. The van der Waals surface area contributed by atoms with Crippen molar-refractivity contribution in [3.05, 3.63) is 0 Å². The van der Waals surface area contributed by atoms with E-state index in [1.54, 1.807) is 0 Å². The number of carboxylic acid groups (broad SMARTS) is 1. The summed E-state index contributed by atoms with van der Waals surface area (Å²) in [6.45, 7) is 0.901. The molecule has 0 aromatic heterocycles. The molecule has 0 rings (SSSR count). The fourth-order valence-corrected chi connectivity index (χ4v) is 2.50. The van der Waals surface area contributed by atoms with Gasteiger partial charge < -0.3 is 38.7 Å². The van der Waals surface area contributed by atoms with E-state index in [-0.39, 0.29) is 19.3 Å². The third kappa shape index (κ3) is 11.5.